The van der Waals surface area contributed by atoms with Gasteiger partial charge in [0.05, 0.1) is 0 Å². The van der Waals surface area contributed by atoms with Gasteiger partial charge in [0, 0.05) is 0 Å². The van der Waals surface area contributed by atoms with Crippen molar-refractivity contribution in [2.75, 3.05) is 0 Å². The lowest BCUT2D eigenvalue weighted by atomic mass is 9.91. The van der Waals surface area contributed by atoms with Gasteiger partial charge in [-0.3, -0.25) is 0 Å². The summed E-state index contributed by atoms with van der Waals surface area (Å²) < 4.78 is 11.1. The van der Waals surface area contributed by atoms with Gasteiger partial charge in [0.25, 0.3) is 0 Å². The summed E-state index contributed by atoms with van der Waals surface area (Å²) in [7, 11) is 0. The summed E-state index contributed by atoms with van der Waals surface area (Å²) >= 11 is 0. The smallest absolute Gasteiger partial charge is 0.394 e. The molecule has 0 heterocycles. The van der Waals surface area contributed by atoms with Crippen molar-refractivity contribution < 1.29 is 14.3 Å². The minimum atomic E-state index is -0.674. The van der Waals surface area contributed by atoms with Gasteiger partial charge in [-0.2, -0.15) is 0 Å². The third-order valence-electron chi connectivity index (χ3n) is 4.95. The van der Waals surface area contributed by atoms with Crippen LogP contribution in [-0.2, 0) is 19.3 Å². The Balaban J connectivity index is 2.29. The maximum absolute atomic E-state index is 12.4. The highest BCUT2D eigenvalue weighted by Gasteiger charge is 2.17. The number of hydrogen-bond donors (Lipinski definition) is 0. The molecule has 0 aliphatic rings. The van der Waals surface area contributed by atoms with Gasteiger partial charge in [0.15, 0.2) is 0 Å². The Morgan fingerprint density at radius 2 is 1.41 bits per heavy atom. The molecular formula is C24H32O3. The molecule has 27 heavy (non-hydrogen) atoms. The SMILES string of the molecule is CCCc1ccc(OC(=O)Oc2cccc(C)c2C)c(CCC)c1CCC. The second kappa shape index (κ2) is 10.1. The van der Waals surface area contributed by atoms with Crippen LogP contribution in [0.3, 0.4) is 0 Å². The first-order chi connectivity index (χ1) is 13.0. The number of rotatable bonds is 8. The van der Waals surface area contributed by atoms with Crippen molar-refractivity contribution in [3.8, 4) is 11.5 Å². The van der Waals surface area contributed by atoms with Crippen LogP contribution in [0.5, 0.6) is 11.5 Å². The molecule has 3 nitrogen and oxygen atoms in total. The van der Waals surface area contributed by atoms with Gasteiger partial charge in [-0.05, 0) is 73.1 Å². The van der Waals surface area contributed by atoms with E-state index in [1.807, 2.05) is 32.0 Å². The van der Waals surface area contributed by atoms with E-state index in [4.69, 9.17) is 9.47 Å². The summed E-state index contributed by atoms with van der Waals surface area (Å²) in [6.45, 7) is 10.5. The first-order valence-electron chi connectivity index (χ1n) is 10.1. The standard InChI is InChI=1S/C24H32O3/c1-6-10-19-15-16-23(21(12-8-3)20(19)11-7-2)27-24(25)26-22-14-9-13-17(4)18(22)5/h9,13-16H,6-8,10-12H2,1-5H3. The van der Waals surface area contributed by atoms with Gasteiger partial charge >= 0.3 is 6.16 Å². The number of carbonyl (C=O) groups excluding carboxylic acids is 1. The molecule has 0 unspecified atom stereocenters. The van der Waals surface area contributed by atoms with E-state index in [1.165, 1.54) is 11.1 Å². The Morgan fingerprint density at radius 3 is 2.07 bits per heavy atom. The zero-order chi connectivity index (χ0) is 19.8. The molecule has 0 radical (unpaired) electrons. The van der Waals surface area contributed by atoms with E-state index >= 15 is 0 Å². The number of benzene rings is 2. The second-order valence-electron chi connectivity index (χ2n) is 7.08. The summed E-state index contributed by atoms with van der Waals surface area (Å²) in [5.41, 5.74) is 5.91. The molecule has 146 valence electrons. The van der Waals surface area contributed by atoms with E-state index in [-0.39, 0.29) is 0 Å². The zero-order valence-corrected chi connectivity index (χ0v) is 17.4. The third kappa shape index (κ3) is 5.35. The lowest BCUT2D eigenvalue weighted by molar-refractivity contribution is 0.151. The van der Waals surface area contributed by atoms with Gasteiger partial charge in [-0.25, -0.2) is 4.79 Å². The second-order valence-corrected chi connectivity index (χ2v) is 7.08. The molecule has 0 bridgehead atoms. The Morgan fingerprint density at radius 1 is 0.778 bits per heavy atom. The van der Waals surface area contributed by atoms with Crippen LogP contribution in [0.1, 0.15) is 67.9 Å². The Bertz CT molecular complexity index is 777. The predicted octanol–water partition coefficient (Wildman–Crippen LogP) is 6.74. The lowest BCUT2D eigenvalue weighted by Gasteiger charge is -2.18. The Hall–Kier alpha value is -2.29. The quantitative estimate of drug-likeness (QED) is 0.382. The molecule has 2 aromatic carbocycles. The fourth-order valence-electron chi connectivity index (χ4n) is 3.44. The zero-order valence-electron chi connectivity index (χ0n) is 17.4. The summed E-state index contributed by atoms with van der Waals surface area (Å²) in [4.78, 5) is 12.4. The van der Waals surface area contributed by atoms with E-state index in [0.717, 1.165) is 55.2 Å². The molecule has 0 aliphatic heterocycles. The summed E-state index contributed by atoms with van der Waals surface area (Å²) in [6, 6.07) is 9.71. The largest absolute Gasteiger partial charge is 0.519 e. The minimum absolute atomic E-state index is 0.549. The van der Waals surface area contributed by atoms with Crippen molar-refractivity contribution in [3.63, 3.8) is 0 Å². The molecule has 2 rings (SSSR count). The Kier molecular flexibility index (Phi) is 7.90. The molecule has 0 aromatic heterocycles. The van der Waals surface area contributed by atoms with E-state index in [9.17, 15) is 4.79 Å². The van der Waals surface area contributed by atoms with Crippen molar-refractivity contribution >= 4 is 6.16 Å². The number of ether oxygens (including phenoxy) is 2. The van der Waals surface area contributed by atoms with Crippen molar-refractivity contribution in [2.24, 2.45) is 0 Å². The molecule has 2 aromatic rings. The molecule has 0 spiro atoms. The lowest BCUT2D eigenvalue weighted by Crippen LogP contribution is -2.16. The summed E-state index contributed by atoms with van der Waals surface area (Å²) in [5, 5.41) is 0. The number of hydrogen-bond acceptors (Lipinski definition) is 3. The molecule has 0 fully saturated rings. The van der Waals surface area contributed by atoms with Crippen molar-refractivity contribution in [1.29, 1.82) is 0 Å². The fraction of sp³-hybridized carbons (Fsp3) is 0.458. The number of aryl methyl sites for hydroxylation is 2. The minimum Gasteiger partial charge on any atom is -0.394 e. The average molecular weight is 369 g/mol. The summed E-state index contributed by atoms with van der Waals surface area (Å²) in [5.74, 6) is 1.18. The van der Waals surface area contributed by atoms with Crippen LogP contribution in [0.2, 0.25) is 0 Å². The van der Waals surface area contributed by atoms with Crippen LogP contribution in [0.4, 0.5) is 4.79 Å². The molecule has 0 atom stereocenters. The van der Waals surface area contributed by atoms with Crippen LogP contribution in [0, 0.1) is 13.8 Å². The average Bonchev–Trinajstić information content (AvgIpc) is 2.64. The van der Waals surface area contributed by atoms with Gasteiger partial charge in [0.2, 0.25) is 0 Å². The van der Waals surface area contributed by atoms with Crippen molar-refractivity contribution in [2.45, 2.75) is 73.1 Å². The van der Waals surface area contributed by atoms with E-state index < -0.39 is 6.16 Å². The van der Waals surface area contributed by atoms with Crippen LogP contribution in [0.25, 0.3) is 0 Å². The van der Waals surface area contributed by atoms with Crippen LogP contribution < -0.4 is 9.47 Å². The van der Waals surface area contributed by atoms with E-state index in [0.29, 0.717) is 11.5 Å². The van der Waals surface area contributed by atoms with Gasteiger partial charge in [-0.1, -0.05) is 58.2 Å². The molecule has 0 saturated carbocycles. The number of carbonyl (C=O) groups is 1. The monoisotopic (exact) mass is 368 g/mol. The first kappa shape index (κ1) is 21.0. The molecule has 0 N–H and O–H groups in total. The predicted molar refractivity (Wildman–Crippen MR) is 111 cm³/mol. The normalized spacial score (nSPS) is 10.7. The van der Waals surface area contributed by atoms with Gasteiger partial charge in [-0.15, -0.1) is 0 Å². The first-order valence-corrected chi connectivity index (χ1v) is 10.1. The topological polar surface area (TPSA) is 35.5 Å². The maximum atomic E-state index is 12.4. The highest BCUT2D eigenvalue weighted by Crippen LogP contribution is 2.30. The highest BCUT2D eigenvalue weighted by atomic mass is 16.7. The summed E-state index contributed by atoms with van der Waals surface area (Å²) in [6.07, 6.45) is 5.48. The van der Waals surface area contributed by atoms with Crippen molar-refractivity contribution in [3.05, 3.63) is 58.1 Å². The van der Waals surface area contributed by atoms with E-state index in [2.05, 4.69) is 26.8 Å². The fourth-order valence-corrected chi connectivity index (χ4v) is 3.44. The molecule has 3 heteroatoms. The van der Waals surface area contributed by atoms with Crippen LogP contribution in [0.15, 0.2) is 30.3 Å². The van der Waals surface area contributed by atoms with Gasteiger partial charge < -0.3 is 9.47 Å². The highest BCUT2D eigenvalue weighted by molar-refractivity contribution is 5.69. The molecule has 0 aliphatic carbocycles. The molecular weight excluding hydrogens is 336 g/mol. The van der Waals surface area contributed by atoms with E-state index in [1.54, 1.807) is 6.07 Å². The molecule has 0 saturated heterocycles. The van der Waals surface area contributed by atoms with Crippen LogP contribution in [-0.4, -0.2) is 6.16 Å². The van der Waals surface area contributed by atoms with Gasteiger partial charge in [0.1, 0.15) is 11.5 Å². The van der Waals surface area contributed by atoms with Crippen LogP contribution >= 0.6 is 0 Å². The Labute approximate surface area is 163 Å². The van der Waals surface area contributed by atoms with Crippen molar-refractivity contribution in [1.82, 2.24) is 0 Å². The molecule has 0 amide bonds. The maximum Gasteiger partial charge on any atom is 0.519 e. The third-order valence-corrected chi connectivity index (χ3v) is 4.95.